The zero-order valence-corrected chi connectivity index (χ0v) is 11.3. The monoisotopic (exact) mass is 264 g/mol. The van der Waals surface area contributed by atoms with Crippen molar-refractivity contribution in [2.24, 2.45) is 11.7 Å². The fourth-order valence-electron chi connectivity index (χ4n) is 2.83. The first-order valence-electron chi connectivity index (χ1n) is 6.96. The quantitative estimate of drug-likeness (QED) is 0.876. The SMILES string of the molecule is CCC1CCCC(Nc2ccc(F)c(C(N)=O)c2)C1. The molecule has 1 amide bonds. The third-order valence-corrected chi connectivity index (χ3v) is 3.96. The minimum atomic E-state index is -0.726. The second-order valence-corrected chi connectivity index (χ2v) is 5.34. The molecule has 104 valence electrons. The molecular formula is C15H21FN2O. The van der Waals surface area contributed by atoms with E-state index in [4.69, 9.17) is 5.73 Å². The van der Waals surface area contributed by atoms with Gasteiger partial charge in [0.2, 0.25) is 0 Å². The number of carbonyl (C=O) groups excluding carboxylic acids is 1. The van der Waals surface area contributed by atoms with Crippen molar-refractivity contribution < 1.29 is 9.18 Å². The van der Waals surface area contributed by atoms with Crippen LogP contribution in [0.15, 0.2) is 18.2 Å². The number of nitrogens with two attached hydrogens (primary N) is 1. The Bertz CT molecular complexity index is 461. The van der Waals surface area contributed by atoms with Gasteiger partial charge in [0.15, 0.2) is 0 Å². The minimum absolute atomic E-state index is 0.0483. The molecule has 0 bridgehead atoms. The zero-order valence-electron chi connectivity index (χ0n) is 11.3. The molecule has 19 heavy (non-hydrogen) atoms. The van der Waals surface area contributed by atoms with E-state index >= 15 is 0 Å². The number of carbonyl (C=O) groups is 1. The third-order valence-electron chi connectivity index (χ3n) is 3.96. The van der Waals surface area contributed by atoms with Gasteiger partial charge in [0.25, 0.3) is 5.91 Å². The maximum absolute atomic E-state index is 13.4. The lowest BCUT2D eigenvalue weighted by molar-refractivity contribution is 0.0996. The molecule has 1 aromatic carbocycles. The summed E-state index contributed by atoms with van der Waals surface area (Å²) in [6.45, 7) is 2.22. The van der Waals surface area contributed by atoms with E-state index in [0.29, 0.717) is 6.04 Å². The molecule has 4 heteroatoms. The van der Waals surface area contributed by atoms with Crippen LogP contribution in [-0.2, 0) is 0 Å². The number of hydrogen-bond acceptors (Lipinski definition) is 2. The average Bonchev–Trinajstić information content (AvgIpc) is 2.41. The van der Waals surface area contributed by atoms with E-state index in [1.807, 2.05) is 0 Å². The summed E-state index contributed by atoms with van der Waals surface area (Å²) in [6, 6.07) is 4.87. The van der Waals surface area contributed by atoms with Crippen molar-refractivity contribution in [2.45, 2.75) is 45.1 Å². The summed E-state index contributed by atoms with van der Waals surface area (Å²) in [5, 5.41) is 3.39. The van der Waals surface area contributed by atoms with Gasteiger partial charge in [-0.05, 0) is 37.0 Å². The summed E-state index contributed by atoms with van der Waals surface area (Å²) in [4.78, 5) is 11.1. The predicted octanol–water partition coefficient (Wildman–Crippen LogP) is 3.31. The highest BCUT2D eigenvalue weighted by atomic mass is 19.1. The van der Waals surface area contributed by atoms with Crippen molar-refractivity contribution in [3.63, 3.8) is 0 Å². The Hall–Kier alpha value is -1.58. The molecular weight excluding hydrogens is 243 g/mol. The fourth-order valence-corrected chi connectivity index (χ4v) is 2.83. The van der Waals surface area contributed by atoms with E-state index in [0.717, 1.165) is 24.4 Å². The van der Waals surface area contributed by atoms with Gasteiger partial charge in [-0.15, -0.1) is 0 Å². The van der Waals surface area contributed by atoms with Crippen LogP contribution in [0.1, 0.15) is 49.4 Å². The van der Waals surface area contributed by atoms with Crippen molar-refractivity contribution in [3.8, 4) is 0 Å². The smallest absolute Gasteiger partial charge is 0.251 e. The van der Waals surface area contributed by atoms with Crippen LogP contribution in [0.25, 0.3) is 0 Å². The van der Waals surface area contributed by atoms with Crippen LogP contribution in [0.5, 0.6) is 0 Å². The zero-order chi connectivity index (χ0) is 13.8. The molecule has 1 aromatic rings. The number of primary amides is 1. The second-order valence-electron chi connectivity index (χ2n) is 5.34. The highest BCUT2D eigenvalue weighted by Gasteiger charge is 2.21. The van der Waals surface area contributed by atoms with Crippen molar-refractivity contribution in [2.75, 3.05) is 5.32 Å². The van der Waals surface area contributed by atoms with E-state index in [2.05, 4.69) is 12.2 Å². The highest BCUT2D eigenvalue weighted by molar-refractivity contribution is 5.94. The molecule has 1 saturated carbocycles. The number of nitrogens with one attached hydrogen (secondary N) is 1. The largest absolute Gasteiger partial charge is 0.382 e. The maximum atomic E-state index is 13.4. The summed E-state index contributed by atoms with van der Waals surface area (Å²) in [5.74, 6) is -0.522. The Kier molecular flexibility index (Phi) is 4.40. The van der Waals surface area contributed by atoms with Crippen LogP contribution >= 0.6 is 0 Å². The summed E-state index contributed by atoms with van der Waals surface area (Å²) >= 11 is 0. The van der Waals surface area contributed by atoms with Crippen molar-refractivity contribution >= 4 is 11.6 Å². The van der Waals surface area contributed by atoms with Crippen LogP contribution < -0.4 is 11.1 Å². The van der Waals surface area contributed by atoms with E-state index in [-0.39, 0.29) is 5.56 Å². The molecule has 2 atom stereocenters. The van der Waals surface area contributed by atoms with Crippen LogP contribution in [0.3, 0.4) is 0 Å². The van der Waals surface area contributed by atoms with Gasteiger partial charge in [0.05, 0.1) is 5.56 Å². The van der Waals surface area contributed by atoms with Crippen LogP contribution in [0.2, 0.25) is 0 Å². The van der Waals surface area contributed by atoms with Gasteiger partial charge in [-0.1, -0.05) is 26.2 Å². The summed E-state index contributed by atoms with van der Waals surface area (Å²) in [6.07, 6.45) is 5.98. The molecule has 0 aliphatic heterocycles. The number of amides is 1. The van der Waals surface area contributed by atoms with Crippen molar-refractivity contribution in [1.29, 1.82) is 0 Å². The molecule has 0 aromatic heterocycles. The minimum Gasteiger partial charge on any atom is -0.382 e. The molecule has 0 radical (unpaired) electrons. The Balaban J connectivity index is 2.06. The van der Waals surface area contributed by atoms with Gasteiger partial charge < -0.3 is 11.1 Å². The first-order valence-corrected chi connectivity index (χ1v) is 6.96. The van der Waals surface area contributed by atoms with Crippen LogP contribution in [0, 0.1) is 11.7 Å². The molecule has 1 aliphatic carbocycles. The van der Waals surface area contributed by atoms with Gasteiger partial charge in [-0.3, -0.25) is 4.79 Å². The first kappa shape index (κ1) is 13.8. The van der Waals surface area contributed by atoms with Crippen molar-refractivity contribution in [3.05, 3.63) is 29.6 Å². The molecule has 3 nitrogen and oxygen atoms in total. The fraction of sp³-hybridized carbons (Fsp3) is 0.533. The highest BCUT2D eigenvalue weighted by Crippen LogP contribution is 2.29. The Morgan fingerprint density at radius 3 is 2.95 bits per heavy atom. The number of rotatable bonds is 4. The third kappa shape index (κ3) is 3.46. The normalized spacial score (nSPS) is 23.1. The first-order chi connectivity index (χ1) is 9.10. The van der Waals surface area contributed by atoms with Crippen LogP contribution in [-0.4, -0.2) is 11.9 Å². The Morgan fingerprint density at radius 1 is 1.47 bits per heavy atom. The summed E-state index contributed by atoms with van der Waals surface area (Å²) in [7, 11) is 0. The number of benzene rings is 1. The molecule has 1 aliphatic rings. The summed E-state index contributed by atoms with van der Waals surface area (Å²) < 4.78 is 13.4. The lowest BCUT2D eigenvalue weighted by Gasteiger charge is -2.30. The molecule has 0 saturated heterocycles. The Morgan fingerprint density at radius 2 is 2.26 bits per heavy atom. The number of halogens is 1. The lowest BCUT2D eigenvalue weighted by atomic mass is 9.84. The molecule has 0 heterocycles. The number of anilines is 1. The van der Waals surface area contributed by atoms with E-state index < -0.39 is 11.7 Å². The lowest BCUT2D eigenvalue weighted by Crippen LogP contribution is -2.27. The van der Waals surface area contributed by atoms with Gasteiger partial charge >= 0.3 is 0 Å². The second kappa shape index (κ2) is 6.04. The van der Waals surface area contributed by atoms with E-state index in [1.54, 1.807) is 6.07 Å². The molecule has 0 spiro atoms. The molecule has 2 unspecified atom stereocenters. The standard InChI is InChI=1S/C15H21FN2O/c1-2-10-4-3-5-11(8-10)18-12-6-7-14(16)13(9-12)15(17)19/h6-7,9-11,18H,2-5,8H2,1H3,(H2,17,19). The topological polar surface area (TPSA) is 55.1 Å². The average molecular weight is 264 g/mol. The van der Waals surface area contributed by atoms with E-state index in [9.17, 15) is 9.18 Å². The predicted molar refractivity (Wildman–Crippen MR) is 74.6 cm³/mol. The summed E-state index contributed by atoms with van der Waals surface area (Å²) in [5.41, 5.74) is 5.88. The van der Waals surface area contributed by atoms with Gasteiger partial charge in [0, 0.05) is 11.7 Å². The molecule has 3 N–H and O–H groups in total. The Labute approximate surface area is 113 Å². The van der Waals surface area contributed by atoms with Gasteiger partial charge in [-0.2, -0.15) is 0 Å². The van der Waals surface area contributed by atoms with Crippen LogP contribution in [0.4, 0.5) is 10.1 Å². The maximum Gasteiger partial charge on any atom is 0.251 e. The molecule has 2 rings (SSSR count). The van der Waals surface area contributed by atoms with Gasteiger partial charge in [-0.25, -0.2) is 4.39 Å². The van der Waals surface area contributed by atoms with Crippen molar-refractivity contribution in [1.82, 2.24) is 0 Å². The number of hydrogen-bond donors (Lipinski definition) is 2. The van der Waals surface area contributed by atoms with E-state index in [1.165, 1.54) is 31.4 Å². The molecule has 1 fully saturated rings. The van der Waals surface area contributed by atoms with Gasteiger partial charge in [0.1, 0.15) is 5.82 Å².